The van der Waals surface area contributed by atoms with Crippen LogP contribution in [0, 0.1) is 0 Å². The van der Waals surface area contributed by atoms with E-state index in [1.807, 2.05) is 20.8 Å². The zero-order chi connectivity index (χ0) is 18.2. The number of benzene rings is 1. The molecule has 6 nitrogen and oxygen atoms in total. The minimum Gasteiger partial charge on any atom is -0.300 e. The van der Waals surface area contributed by atoms with Gasteiger partial charge in [-0.15, -0.1) is 10.2 Å². The molecule has 132 valence electrons. The topological polar surface area (TPSA) is 75.2 Å². The van der Waals surface area contributed by atoms with E-state index >= 15 is 0 Å². The molecule has 1 atom stereocenters. The second-order valence-electron chi connectivity index (χ2n) is 6.95. The zero-order valence-corrected chi connectivity index (χ0v) is 15.8. The van der Waals surface area contributed by atoms with Crippen molar-refractivity contribution < 1.29 is 9.59 Å². The van der Waals surface area contributed by atoms with Crippen LogP contribution >= 0.6 is 22.9 Å². The zero-order valence-electron chi connectivity index (χ0n) is 14.2. The number of amides is 2. The molecular formula is C17H19ClN4O2S. The van der Waals surface area contributed by atoms with E-state index in [0.29, 0.717) is 28.7 Å². The molecule has 0 radical (unpaired) electrons. The predicted molar refractivity (Wildman–Crippen MR) is 99.2 cm³/mol. The fourth-order valence-electron chi connectivity index (χ4n) is 2.62. The number of aromatic nitrogens is 2. The van der Waals surface area contributed by atoms with Crippen molar-refractivity contribution in [1.82, 2.24) is 10.2 Å². The van der Waals surface area contributed by atoms with Crippen LogP contribution in [0.3, 0.4) is 0 Å². The molecule has 0 spiro atoms. The van der Waals surface area contributed by atoms with E-state index in [-0.39, 0.29) is 17.2 Å². The normalized spacial score (nSPS) is 17.8. The predicted octanol–water partition coefficient (Wildman–Crippen LogP) is 3.62. The van der Waals surface area contributed by atoms with Crippen LogP contribution in [0.5, 0.6) is 0 Å². The number of anilines is 2. The van der Waals surface area contributed by atoms with Crippen LogP contribution in [0.2, 0.25) is 5.02 Å². The van der Waals surface area contributed by atoms with Gasteiger partial charge in [0.1, 0.15) is 11.0 Å². The second-order valence-corrected chi connectivity index (χ2v) is 8.36. The van der Waals surface area contributed by atoms with E-state index in [1.165, 1.54) is 16.2 Å². The smallest absolute Gasteiger partial charge is 0.249 e. The van der Waals surface area contributed by atoms with Gasteiger partial charge >= 0.3 is 0 Å². The second kappa shape index (κ2) is 6.72. The van der Waals surface area contributed by atoms with Gasteiger partial charge in [0.2, 0.25) is 16.9 Å². The fraction of sp³-hybridized carbons (Fsp3) is 0.412. The van der Waals surface area contributed by atoms with E-state index < -0.39 is 6.04 Å². The minimum absolute atomic E-state index is 0.0740. The summed E-state index contributed by atoms with van der Waals surface area (Å²) in [6, 6.07) is 6.34. The highest BCUT2D eigenvalue weighted by Gasteiger charge is 2.37. The van der Waals surface area contributed by atoms with E-state index in [9.17, 15) is 9.59 Å². The Hall–Kier alpha value is -1.99. The summed E-state index contributed by atoms with van der Waals surface area (Å²) in [6.45, 7) is 6.12. The van der Waals surface area contributed by atoms with Gasteiger partial charge in [-0.05, 0) is 30.7 Å². The summed E-state index contributed by atoms with van der Waals surface area (Å²) < 4.78 is 0. The van der Waals surface area contributed by atoms with Crippen LogP contribution in [0.15, 0.2) is 24.3 Å². The van der Waals surface area contributed by atoms with Crippen molar-refractivity contribution >= 4 is 45.6 Å². The third-order valence-corrected chi connectivity index (χ3v) is 5.43. The Morgan fingerprint density at radius 2 is 1.96 bits per heavy atom. The monoisotopic (exact) mass is 378 g/mol. The summed E-state index contributed by atoms with van der Waals surface area (Å²) in [6.07, 6.45) is 0.808. The molecule has 1 aliphatic heterocycles. The molecule has 1 fully saturated rings. The summed E-state index contributed by atoms with van der Waals surface area (Å²) in [5.41, 5.74) is 0.541. The maximum absolute atomic E-state index is 12.7. The van der Waals surface area contributed by atoms with Crippen LogP contribution in [-0.2, 0) is 15.0 Å². The number of rotatable bonds is 3. The fourth-order valence-corrected chi connectivity index (χ4v) is 3.55. The Labute approximate surface area is 155 Å². The van der Waals surface area contributed by atoms with E-state index in [2.05, 4.69) is 15.5 Å². The van der Waals surface area contributed by atoms with Crippen molar-refractivity contribution in [3.63, 3.8) is 0 Å². The van der Waals surface area contributed by atoms with Gasteiger partial charge in [-0.3, -0.25) is 19.8 Å². The lowest BCUT2D eigenvalue weighted by Crippen LogP contribution is -2.41. The van der Waals surface area contributed by atoms with Gasteiger partial charge < -0.3 is 0 Å². The molecular weight excluding hydrogens is 360 g/mol. The third kappa shape index (κ3) is 3.82. The largest absolute Gasteiger partial charge is 0.300 e. The molecule has 25 heavy (non-hydrogen) atoms. The molecule has 1 saturated heterocycles. The standard InChI is InChI=1S/C17H19ClN4O2S/c1-17(2,3)15-20-21-16(25-15)19-14(24)12-8-9-13(23)22(12)11-6-4-10(18)5-7-11/h4-7,12H,8-9H2,1-3H3,(H,19,21,24)/t12-/m0/s1. The quantitative estimate of drug-likeness (QED) is 0.884. The number of carbonyl (C=O) groups excluding carboxylic acids is 2. The number of carbonyl (C=O) groups is 2. The van der Waals surface area contributed by atoms with Gasteiger partial charge in [0.15, 0.2) is 0 Å². The summed E-state index contributed by atoms with van der Waals surface area (Å²) in [5.74, 6) is -0.326. The van der Waals surface area contributed by atoms with Gasteiger partial charge in [0.05, 0.1) is 0 Å². The van der Waals surface area contributed by atoms with Crippen LogP contribution in [0.25, 0.3) is 0 Å². The summed E-state index contributed by atoms with van der Waals surface area (Å²) in [4.78, 5) is 26.5. The molecule has 0 unspecified atom stereocenters. The van der Waals surface area contributed by atoms with Crippen molar-refractivity contribution in [1.29, 1.82) is 0 Å². The highest BCUT2D eigenvalue weighted by molar-refractivity contribution is 7.15. The molecule has 0 saturated carbocycles. The van der Waals surface area contributed by atoms with Gasteiger partial charge in [-0.2, -0.15) is 0 Å². The number of hydrogen-bond donors (Lipinski definition) is 1. The van der Waals surface area contributed by atoms with Crippen molar-refractivity contribution in [3.8, 4) is 0 Å². The van der Waals surface area contributed by atoms with Crippen LogP contribution in [0.1, 0.15) is 38.6 Å². The van der Waals surface area contributed by atoms with Gasteiger partial charge in [0, 0.05) is 22.5 Å². The number of nitrogens with zero attached hydrogens (tertiary/aromatic N) is 3. The maximum atomic E-state index is 12.7. The highest BCUT2D eigenvalue weighted by atomic mass is 35.5. The molecule has 0 bridgehead atoms. The third-order valence-electron chi connectivity index (χ3n) is 3.92. The molecule has 1 aliphatic rings. The molecule has 3 rings (SSSR count). The van der Waals surface area contributed by atoms with Crippen LogP contribution in [-0.4, -0.2) is 28.1 Å². The summed E-state index contributed by atoms with van der Waals surface area (Å²) in [7, 11) is 0. The Balaban J connectivity index is 1.77. The lowest BCUT2D eigenvalue weighted by Gasteiger charge is -2.23. The molecule has 1 N–H and O–H groups in total. The van der Waals surface area contributed by atoms with E-state index in [0.717, 1.165) is 5.01 Å². The van der Waals surface area contributed by atoms with Crippen molar-refractivity contribution in [3.05, 3.63) is 34.3 Å². The van der Waals surface area contributed by atoms with E-state index in [4.69, 9.17) is 11.6 Å². The number of nitrogens with one attached hydrogen (secondary N) is 1. The van der Waals surface area contributed by atoms with Crippen molar-refractivity contribution in [2.45, 2.75) is 45.1 Å². The first kappa shape index (κ1) is 17.8. The van der Waals surface area contributed by atoms with Crippen LogP contribution < -0.4 is 10.2 Å². The summed E-state index contributed by atoms with van der Waals surface area (Å²) in [5, 5.41) is 12.8. The van der Waals surface area contributed by atoms with Gasteiger partial charge in [0.25, 0.3) is 0 Å². The first-order valence-corrected chi connectivity index (χ1v) is 9.17. The summed E-state index contributed by atoms with van der Waals surface area (Å²) >= 11 is 7.26. The van der Waals surface area contributed by atoms with Crippen LogP contribution in [0.4, 0.5) is 10.8 Å². The number of halogens is 1. The molecule has 1 aromatic carbocycles. The average Bonchev–Trinajstić information content (AvgIpc) is 3.15. The van der Waals surface area contributed by atoms with Gasteiger partial charge in [-0.25, -0.2) is 0 Å². The minimum atomic E-state index is -0.560. The van der Waals surface area contributed by atoms with Gasteiger partial charge in [-0.1, -0.05) is 43.7 Å². The lowest BCUT2D eigenvalue weighted by molar-refractivity contribution is -0.120. The molecule has 8 heteroatoms. The van der Waals surface area contributed by atoms with E-state index in [1.54, 1.807) is 24.3 Å². The first-order chi connectivity index (χ1) is 11.8. The molecule has 2 aromatic rings. The first-order valence-electron chi connectivity index (χ1n) is 7.98. The number of hydrogen-bond acceptors (Lipinski definition) is 5. The SMILES string of the molecule is CC(C)(C)c1nnc(NC(=O)[C@@H]2CCC(=O)N2c2ccc(Cl)cc2)s1. The van der Waals surface area contributed by atoms with Crippen molar-refractivity contribution in [2.75, 3.05) is 10.2 Å². The Kier molecular flexibility index (Phi) is 4.79. The molecule has 2 heterocycles. The van der Waals surface area contributed by atoms with Crippen molar-refractivity contribution in [2.24, 2.45) is 0 Å². The lowest BCUT2D eigenvalue weighted by atomic mass is 9.98. The molecule has 2 amide bonds. The Morgan fingerprint density at radius 1 is 1.28 bits per heavy atom. The maximum Gasteiger partial charge on any atom is 0.249 e. The highest BCUT2D eigenvalue weighted by Crippen LogP contribution is 2.30. The average molecular weight is 379 g/mol. The Bertz CT molecular complexity index is 798. The Morgan fingerprint density at radius 3 is 2.56 bits per heavy atom. The molecule has 0 aliphatic carbocycles. The molecule has 1 aromatic heterocycles.